The second kappa shape index (κ2) is 8.30. The van der Waals surface area contributed by atoms with Crippen molar-refractivity contribution in [2.45, 2.75) is 20.3 Å². The third-order valence-electron chi connectivity index (χ3n) is 3.03. The summed E-state index contributed by atoms with van der Waals surface area (Å²) in [5.41, 5.74) is 1.26. The Morgan fingerprint density at radius 1 is 1.26 bits per heavy atom. The van der Waals surface area contributed by atoms with Crippen molar-refractivity contribution in [2.24, 2.45) is 0 Å². The lowest BCUT2D eigenvalue weighted by atomic mass is 10.2. The molecule has 1 heterocycles. The summed E-state index contributed by atoms with van der Waals surface area (Å²) in [7, 11) is 3.28. The highest BCUT2D eigenvalue weighted by molar-refractivity contribution is 7.14. The molecule has 0 aliphatic rings. The van der Waals surface area contributed by atoms with Crippen LogP contribution in [0.5, 0.6) is 0 Å². The SMILES string of the molecule is CCc1cc(C(=O)N(CCOC)CCOC)sc1C. The summed E-state index contributed by atoms with van der Waals surface area (Å²) in [6.07, 6.45) is 0.964. The number of amides is 1. The van der Waals surface area contributed by atoms with E-state index in [-0.39, 0.29) is 5.91 Å². The Hall–Kier alpha value is -0.910. The smallest absolute Gasteiger partial charge is 0.264 e. The first-order valence-electron chi connectivity index (χ1n) is 6.50. The van der Waals surface area contributed by atoms with Gasteiger partial charge in [-0.15, -0.1) is 11.3 Å². The van der Waals surface area contributed by atoms with E-state index in [4.69, 9.17) is 9.47 Å². The molecule has 0 bridgehead atoms. The maximum Gasteiger partial charge on any atom is 0.264 e. The van der Waals surface area contributed by atoms with E-state index in [0.717, 1.165) is 11.3 Å². The van der Waals surface area contributed by atoms with Crippen LogP contribution in [0.25, 0.3) is 0 Å². The average molecular weight is 285 g/mol. The minimum atomic E-state index is 0.0712. The number of methoxy groups -OCH3 is 2. The van der Waals surface area contributed by atoms with Crippen molar-refractivity contribution in [3.63, 3.8) is 0 Å². The zero-order chi connectivity index (χ0) is 14.3. The van der Waals surface area contributed by atoms with Crippen LogP contribution in [-0.2, 0) is 15.9 Å². The lowest BCUT2D eigenvalue weighted by Gasteiger charge is -2.21. The molecule has 0 N–H and O–H groups in total. The quantitative estimate of drug-likeness (QED) is 0.736. The van der Waals surface area contributed by atoms with E-state index in [1.807, 2.05) is 6.07 Å². The molecule has 5 heteroatoms. The number of carbonyl (C=O) groups is 1. The van der Waals surface area contributed by atoms with Gasteiger partial charge in [0.2, 0.25) is 0 Å². The van der Waals surface area contributed by atoms with Gasteiger partial charge in [-0.2, -0.15) is 0 Å². The van der Waals surface area contributed by atoms with Crippen LogP contribution in [0.1, 0.15) is 27.0 Å². The van der Waals surface area contributed by atoms with Gasteiger partial charge >= 0.3 is 0 Å². The van der Waals surface area contributed by atoms with Gasteiger partial charge in [0, 0.05) is 32.2 Å². The first-order valence-corrected chi connectivity index (χ1v) is 7.32. The van der Waals surface area contributed by atoms with Crippen LogP contribution in [0.3, 0.4) is 0 Å². The average Bonchev–Trinajstić information content (AvgIpc) is 2.79. The number of rotatable bonds is 8. The molecule has 0 fully saturated rings. The van der Waals surface area contributed by atoms with Crippen LogP contribution in [0.2, 0.25) is 0 Å². The first kappa shape index (κ1) is 16.1. The van der Waals surface area contributed by atoms with Crippen LogP contribution < -0.4 is 0 Å². The number of carbonyl (C=O) groups excluding carboxylic acids is 1. The van der Waals surface area contributed by atoms with Crippen molar-refractivity contribution in [1.82, 2.24) is 4.90 Å². The van der Waals surface area contributed by atoms with Crippen LogP contribution >= 0.6 is 11.3 Å². The second-order valence-corrected chi connectivity index (χ2v) is 5.58. The fourth-order valence-electron chi connectivity index (χ4n) is 1.85. The summed E-state index contributed by atoms with van der Waals surface area (Å²) in [6.45, 7) is 6.45. The number of ether oxygens (including phenoxy) is 2. The van der Waals surface area contributed by atoms with Gasteiger partial charge in [0.1, 0.15) is 0 Å². The number of aryl methyl sites for hydroxylation is 2. The van der Waals surface area contributed by atoms with E-state index < -0.39 is 0 Å². The Morgan fingerprint density at radius 3 is 2.26 bits per heavy atom. The predicted molar refractivity (Wildman–Crippen MR) is 78.1 cm³/mol. The summed E-state index contributed by atoms with van der Waals surface area (Å²) in [5.74, 6) is 0.0712. The molecule has 0 unspecified atom stereocenters. The highest BCUT2D eigenvalue weighted by Crippen LogP contribution is 2.23. The zero-order valence-electron chi connectivity index (χ0n) is 12.2. The molecular weight excluding hydrogens is 262 g/mol. The van der Waals surface area contributed by atoms with E-state index in [1.54, 1.807) is 30.5 Å². The monoisotopic (exact) mass is 285 g/mol. The Balaban J connectivity index is 2.78. The van der Waals surface area contributed by atoms with Crippen molar-refractivity contribution < 1.29 is 14.3 Å². The van der Waals surface area contributed by atoms with E-state index >= 15 is 0 Å². The molecule has 1 aromatic heterocycles. The maximum absolute atomic E-state index is 12.5. The molecule has 19 heavy (non-hydrogen) atoms. The third kappa shape index (κ3) is 4.60. The van der Waals surface area contributed by atoms with Crippen molar-refractivity contribution in [2.75, 3.05) is 40.5 Å². The molecule has 1 aromatic rings. The molecule has 0 aliphatic heterocycles. The fourth-order valence-corrected chi connectivity index (χ4v) is 2.93. The summed E-state index contributed by atoms with van der Waals surface area (Å²) >= 11 is 1.57. The van der Waals surface area contributed by atoms with Gasteiger partial charge in [0.15, 0.2) is 0 Å². The van der Waals surface area contributed by atoms with Gasteiger partial charge in [-0.05, 0) is 25.0 Å². The third-order valence-corrected chi connectivity index (χ3v) is 4.11. The van der Waals surface area contributed by atoms with Crippen molar-refractivity contribution in [3.8, 4) is 0 Å². The molecule has 0 saturated heterocycles. The minimum Gasteiger partial charge on any atom is -0.383 e. The van der Waals surface area contributed by atoms with Gasteiger partial charge in [-0.25, -0.2) is 0 Å². The summed E-state index contributed by atoms with van der Waals surface area (Å²) in [5, 5.41) is 0. The van der Waals surface area contributed by atoms with E-state index in [0.29, 0.717) is 26.3 Å². The first-order chi connectivity index (χ1) is 9.13. The van der Waals surface area contributed by atoms with Crippen LogP contribution in [0.15, 0.2) is 6.07 Å². The van der Waals surface area contributed by atoms with Gasteiger partial charge in [-0.3, -0.25) is 4.79 Å². The highest BCUT2D eigenvalue weighted by Gasteiger charge is 2.18. The van der Waals surface area contributed by atoms with Gasteiger partial charge in [-0.1, -0.05) is 6.92 Å². The minimum absolute atomic E-state index is 0.0712. The Morgan fingerprint density at radius 2 is 1.84 bits per heavy atom. The number of nitrogens with zero attached hydrogens (tertiary/aromatic N) is 1. The number of hydrogen-bond acceptors (Lipinski definition) is 4. The molecule has 0 radical (unpaired) electrons. The van der Waals surface area contributed by atoms with Crippen molar-refractivity contribution in [1.29, 1.82) is 0 Å². The second-order valence-electron chi connectivity index (χ2n) is 4.32. The Kier molecular flexibility index (Phi) is 7.05. The molecule has 0 atom stereocenters. The molecule has 1 amide bonds. The molecular formula is C14H23NO3S. The Bertz CT molecular complexity index is 395. The lowest BCUT2D eigenvalue weighted by Crippen LogP contribution is -2.36. The summed E-state index contributed by atoms with van der Waals surface area (Å²) in [4.78, 5) is 16.3. The molecule has 0 aliphatic carbocycles. The highest BCUT2D eigenvalue weighted by atomic mass is 32.1. The Labute approximate surface area is 119 Å². The fraction of sp³-hybridized carbons (Fsp3) is 0.643. The molecule has 1 rings (SSSR count). The normalized spacial score (nSPS) is 10.7. The van der Waals surface area contributed by atoms with Crippen LogP contribution in [0.4, 0.5) is 0 Å². The van der Waals surface area contributed by atoms with E-state index in [1.165, 1.54) is 10.4 Å². The largest absolute Gasteiger partial charge is 0.383 e. The maximum atomic E-state index is 12.5. The molecule has 0 spiro atoms. The molecule has 108 valence electrons. The van der Waals surface area contributed by atoms with Crippen molar-refractivity contribution in [3.05, 3.63) is 21.4 Å². The lowest BCUT2D eigenvalue weighted by molar-refractivity contribution is 0.0632. The van der Waals surface area contributed by atoms with Gasteiger partial charge in [0.05, 0.1) is 18.1 Å². The summed E-state index contributed by atoms with van der Waals surface area (Å²) < 4.78 is 10.1. The van der Waals surface area contributed by atoms with Gasteiger partial charge in [0.25, 0.3) is 5.91 Å². The van der Waals surface area contributed by atoms with E-state index in [9.17, 15) is 4.79 Å². The molecule has 0 saturated carbocycles. The molecule has 4 nitrogen and oxygen atoms in total. The van der Waals surface area contributed by atoms with Crippen LogP contribution in [0, 0.1) is 6.92 Å². The standard InChI is InChI=1S/C14H23NO3S/c1-5-12-10-13(19-11(12)2)14(16)15(6-8-17-3)7-9-18-4/h10H,5-9H2,1-4H3. The predicted octanol–water partition coefficient (Wildman–Crippen LogP) is 2.35. The number of thiophene rings is 1. The zero-order valence-corrected chi connectivity index (χ0v) is 13.0. The molecule has 0 aromatic carbocycles. The van der Waals surface area contributed by atoms with Crippen LogP contribution in [-0.4, -0.2) is 51.3 Å². The summed E-state index contributed by atoms with van der Waals surface area (Å²) in [6, 6.07) is 2.01. The van der Waals surface area contributed by atoms with E-state index in [2.05, 4.69) is 13.8 Å². The van der Waals surface area contributed by atoms with Crippen molar-refractivity contribution >= 4 is 17.2 Å². The van der Waals surface area contributed by atoms with Gasteiger partial charge < -0.3 is 14.4 Å². The topological polar surface area (TPSA) is 38.8 Å². The number of hydrogen-bond donors (Lipinski definition) is 0.